The van der Waals surface area contributed by atoms with Crippen LogP contribution in [0.15, 0.2) is 95.9 Å². The summed E-state index contributed by atoms with van der Waals surface area (Å²) >= 11 is 0. The lowest BCUT2D eigenvalue weighted by atomic mass is 9.98. The minimum atomic E-state index is -3.99. The molecule has 0 aliphatic carbocycles. The Morgan fingerprint density at radius 1 is 0.822 bits per heavy atom. The summed E-state index contributed by atoms with van der Waals surface area (Å²) in [7, 11) is -3.99. The van der Waals surface area contributed by atoms with Crippen molar-refractivity contribution < 1.29 is 18.0 Å². The Bertz CT molecular complexity index is 2010. The molecule has 5 rings (SSSR count). The van der Waals surface area contributed by atoms with Crippen LogP contribution in [-0.4, -0.2) is 24.8 Å². The van der Waals surface area contributed by atoms with Crippen LogP contribution in [-0.2, 0) is 21.4 Å². The van der Waals surface area contributed by atoms with Gasteiger partial charge in [-0.25, -0.2) is 13.1 Å². The lowest BCUT2D eigenvalue weighted by molar-refractivity contribution is -0.117. The molecule has 8 heteroatoms. The number of sulfonamides is 1. The lowest BCUT2D eigenvalue weighted by Crippen LogP contribution is -2.28. The quantitative estimate of drug-likeness (QED) is 0.179. The van der Waals surface area contributed by atoms with Crippen molar-refractivity contribution in [2.24, 2.45) is 0 Å². The minimum Gasteiger partial charge on any atom is -0.346 e. The molecule has 5 aromatic rings. The molecule has 1 aromatic heterocycles. The summed E-state index contributed by atoms with van der Waals surface area (Å²) in [6.07, 6.45) is 0. The number of hydrogen-bond donors (Lipinski definition) is 2. The van der Waals surface area contributed by atoms with E-state index in [0.29, 0.717) is 23.6 Å². The van der Waals surface area contributed by atoms with Gasteiger partial charge >= 0.3 is 0 Å². The monoisotopic (exact) mass is 621 g/mol. The number of aryl methyl sites for hydroxylation is 1. The van der Waals surface area contributed by atoms with Crippen molar-refractivity contribution in [2.45, 2.75) is 64.9 Å². The van der Waals surface area contributed by atoms with Gasteiger partial charge in [-0.05, 0) is 78.8 Å². The van der Waals surface area contributed by atoms with Crippen LogP contribution in [0, 0.1) is 13.8 Å². The summed E-state index contributed by atoms with van der Waals surface area (Å²) in [6, 6.07) is 28.5. The normalized spacial score (nSPS) is 12.3. The molecule has 0 radical (unpaired) electrons. The van der Waals surface area contributed by atoms with Gasteiger partial charge in [0.25, 0.3) is 15.9 Å². The highest BCUT2D eigenvalue weighted by Crippen LogP contribution is 2.30. The first-order chi connectivity index (χ1) is 21.4. The molecule has 0 aliphatic rings. The Labute approximate surface area is 265 Å². The van der Waals surface area contributed by atoms with Crippen molar-refractivity contribution in [3.8, 4) is 11.1 Å². The Morgan fingerprint density at radius 3 is 2.20 bits per heavy atom. The third kappa shape index (κ3) is 6.71. The van der Waals surface area contributed by atoms with E-state index in [0.717, 1.165) is 38.9 Å². The first-order valence-electron chi connectivity index (χ1n) is 15.1. The van der Waals surface area contributed by atoms with Crippen molar-refractivity contribution in [1.82, 2.24) is 14.6 Å². The molecule has 1 heterocycles. The van der Waals surface area contributed by atoms with Crippen LogP contribution < -0.4 is 10.0 Å². The Balaban J connectivity index is 1.37. The molecular formula is C37H39N3O4S. The Kier molecular flexibility index (Phi) is 8.98. The number of carbonyl (C=O) groups is 2. The second kappa shape index (κ2) is 12.7. The lowest BCUT2D eigenvalue weighted by Gasteiger charge is -2.16. The van der Waals surface area contributed by atoms with Crippen LogP contribution in [0.2, 0.25) is 0 Å². The third-order valence-electron chi connectivity index (χ3n) is 8.39. The molecule has 0 saturated carbocycles. The summed E-state index contributed by atoms with van der Waals surface area (Å²) < 4.78 is 29.8. The highest BCUT2D eigenvalue weighted by Gasteiger charge is 2.21. The van der Waals surface area contributed by atoms with Crippen molar-refractivity contribution >= 4 is 32.7 Å². The van der Waals surface area contributed by atoms with Gasteiger partial charge in [0.15, 0.2) is 0 Å². The molecule has 0 aliphatic heterocycles. The fraction of sp³-hybridized carbons (Fsp3) is 0.243. The summed E-state index contributed by atoms with van der Waals surface area (Å²) in [4.78, 5) is 24.8. The van der Waals surface area contributed by atoms with Crippen molar-refractivity contribution in [3.63, 3.8) is 0 Å². The number of aromatic nitrogens is 1. The topological polar surface area (TPSA) is 97.3 Å². The van der Waals surface area contributed by atoms with E-state index >= 15 is 0 Å². The van der Waals surface area contributed by atoms with Crippen molar-refractivity contribution in [1.29, 1.82) is 0 Å². The molecule has 2 N–H and O–H groups in total. The zero-order chi connectivity index (χ0) is 32.5. The number of hydrogen-bond acceptors (Lipinski definition) is 4. The van der Waals surface area contributed by atoms with Gasteiger partial charge in [0.2, 0.25) is 5.91 Å². The summed E-state index contributed by atoms with van der Waals surface area (Å²) in [5, 5.41) is 4.19. The predicted octanol–water partition coefficient (Wildman–Crippen LogP) is 7.41. The van der Waals surface area contributed by atoms with E-state index in [1.54, 1.807) is 18.2 Å². The Hall–Kier alpha value is -4.69. The first kappa shape index (κ1) is 31.7. The fourth-order valence-electron chi connectivity index (χ4n) is 5.70. The maximum absolute atomic E-state index is 13.3. The van der Waals surface area contributed by atoms with E-state index < -0.39 is 15.9 Å². The first-order valence-corrected chi connectivity index (χ1v) is 16.6. The molecule has 45 heavy (non-hydrogen) atoms. The van der Waals surface area contributed by atoms with Gasteiger partial charge in [-0.15, -0.1) is 0 Å². The number of nitrogens with one attached hydrogen (secondary N) is 2. The number of nitrogens with zero attached hydrogens (tertiary/aromatic N) is 1. The second-order valence-corrected chi connectivity index (χ2v) is 13.6. The van der Waals surface area contributed by atoms with Crippen LogP contribution in [0.5, 0.6) is 0 Å². The third-order valence-corrected chi connectivity index (χ3v) is 9.88. The zero-order valence-corrected chi connectivity index (χ0v) is 27.3. The molecule has 1 unspecified atom stereocenters. The number of amides is 2. The largest absolute Gasteiger partial charge is 0.346 e. The molecular weight excluding hydrogens is 582 g/mol. The number of carbonyl (C=O) groups excluding carboxylic acids is 2. The van der Waals surface area contributed by atoms with E-state index in [1.807, 2.05) is 61.5 Å². The minimum absolute atomic E-state index is 0.0501. The fourth-order valence-corrected chi connectivity index (χ4v) is 6.92. The molecule has 7 nitrogen and oxygen atoms in total. The average molecular weight is 622 g/mol. The smallest absolute Gasteiger partial charge is 0.264 e. The van der Waals surface area contributed by atoms with Crippen LogP contribution >= 0.6 is 0 Å². The summed E-state index contributed by atoms with van der Waals surface area (Å²) in [5.41, 5.74) is 8.50. The maximum atomic E-state index is 13.3. The maximum Gasteiger partial charge on any atom is 0.264 e. The molecule has 0 spiro atoms. The zero-order valence-electron chi connectivity index (χ0n) is 26.5. The summed E-state index contributed by atoms with van der Waals surface area (Å²) in [6.45, 7) is 12.3. The van der Waals surface area contributed by atoms with Gasteiger partial charge in [-0.2, -0.15) is 0 Å². The molecule has 2 amide bonds. The van der Waals surface area contributed by atoms with E-state index in [9.17, 15) is 18.0 Å². The molecule has 4 aromatic carbocycles. The van der Waals surface area contributed by atoms with Gasteiger partial charge in [0.05, 0.1) is 10.9 Å². The molecule has 0 saturated heterocycles. The molecule has 232 valence electrons. The van der Waals surface area contributed by atoms with E-state index in [1.165, 1.54) is 18.6 Å². The van der Waals surface area contributed by atoms with Gasteiger partial charge in [0, 0.05) is 41.2 Å². The molecule has 0 bridgehead atoms. The molecule has 0 fully saturated rings. The Morgan fingerprint density at radius 2 is 1.51 bits per heavy atom. The van der Waals surface area contributed by atoms with E-state index in [-0.39, 0.29) is 16.8 Å². The number of fused-ring (bicyclic) bond motifs is 1. The van der Waals surface area contributed by atoms with Crippen LogP contribution in [0.4, 0.5) is 0 Å². The van der Waals surface area contributed by atoms with E-state index in [2.05, 4.69) is 54.4 Å². The van der Waals surface area contributed by atoms with Gasteiger partial charge < -0.3 is 9.88 Å². The van der Waals surface area contributed by atoms with Crippen molar-refractivity contribution in [3.05, 3.63) is 125 Å². The van der Waals surface area contributed by atoms with Crippen LogP contribution in [0.25, 0.3) is 22.0 Å². The standard InChI is InChI=1S/C37H39N3O4S/c1-23(2)30-10-9-11-31(20-30)25(4)38-37(42)32-18-19-35-34(21-32)24(3)26(5)40(35)22-28-14-16-29(17-15-28)33-12-7-8-13-36(33)45(43,44)39-27(6)41/h7-21,23,25H,22H2,1-6H3,(H,38,42)(H,39,41). The highest BCUT2D eigenvalue weighted by atomic mass is 32.2. The van der Waals surface area contributed by atoms with Crippen LogP contribution in [0.3, 0.4) is 0 Å². The SMILES string of the molecule is CC(=O)NS(=O)(=O)c1ccccc1-c1ccc(Cn2c(C)c(C)c3cc(C(=O)NC(C)c4cccc(C(C)C)c4)ccc32)cc1. The highest BCUT2D eigenvalue weighted by molar-refractivity contribution is 7.90. The molecule has 1 atom stereocenters. The van der Waals surface area contributed by atoms with Gasteiger partial charge in [0.1, 0.15) is 0 Å². The second-order valence-electron chi connectivity index (χ2n) is 11.9. The van der Waals surface area contributed by atoms with Crippen LogP contribution in [0.1, 0.15) is 78.0 Å². The predicted molar refractivity (Wildman–Crippen MR) is 180 cm³/mol. The summed E-state index contributed by atoms with van der Waals surface area (Å²) in [5.74, 6) is -0.333. The van der Waals surface area contributed by atoms with Gasteiger partial charge in [-0.1, -0.05) is 80.6 Å². The number of rotatable bonds is 9. The number of benzene rings is 4. The van der Waals surface area contributed by atoms with Gasteiger partial charge in [-0.3, -0.25) is 9.59 Å². The average Bonchev–Trinajstić information content (AvgIpc) is 3.25. The van der Waals surface area contributed by atoms with Crippen molar-refractivity contribution in [2.75, 3.05) is 0 Å². The van der Waals surface area contributed by atoms with E-state index in [4.69, 9.17) is 0 Å².